The molecule has 2 aromatic carbocycles. The summed E-state index contributed by atoms with van der Waals surface area (Å²) in [5.74, 6) is -1.54. The molecular formula is C28H27N3O6S2. The van der Waals surface area contributed by atoms with Crippen molar-refractivity contribution in [2.75, 3.05) is 38.3 Å². The van der Waals surface area contributed by atoms with Gasteiger partial charge in [-0.15, -0.1) is 0 Å². The summed E-state index contributed by atoms with van der Waals surface area (Å²) >= 11 is 2.25. The monoisotopic (exact) mass is 565 g/mol. The van der Waals surface area contributed by atoms with E-state index in [4.69, 9.17) is 9.47 Å². The van der Waals surface area contributed by atoms with Gasteiger partial charge in [-0.25, -0.2) is 4.90 Å². The fourth-order valence-corrected chi connectivity index (χ4v) is 8.27. The molecule has 0 spiro atoms. The van der Waals surface area contributed by atoms with E-state index in [1.807, 2.05) is 43.3 Å². The van der Waals surface area contributed by atoms with Gasteiger partial charge in [0.2, 0.25) is 17.7 Å². The average Bonchev–Trinajstić information content (AvgIpc) is 3.40. The number of carbonyl (C=O) groups is 3. The minimum atomic E-state index is -0.750. The molecule has 1 aromatic heterocycles. The molecule has 0 N–H and O–H groups in total. The largest absolute Gasteiger partial charge is 0.496 e. The normalized spacial score (nSPS) is 22.6. The number of fused-ring (bicyclic) bond motifs is 2. The van der Waals surface area contributed by atoms with Crippen molar-refractivity contribution in [3.63, 3.8) is 0 Å². The zero-order chi connectivity index (χ0) is 27.3. The van der Waals surface area contributed by atoms with Gasteiger partial charge >= 0.3 is 4.87 Å². The molecule has 11 heteroatoms. The number of ether oxygens (including phenoxy) is 2. The molecule has 0 saturated carbocycles. The predicted octanol–water partition coefficient (Wildman–Crippen LogP) is 2.88. The number of carbonyl (C=O) groups excluding carboxylic acids is 3. The maximum absolute atomic E-state index is 14.0. The Hall–Kier alpha value is -3.41. The number of methoxy groups -OCH3 is 1. The van der Waals surface area contributed by atoms with Gasteiger partial charge in [0, 0.05) is 29.4 Å². The van der Waals surface area contributed by atoms with E-state index < -0.39 is 17.1 Å². The van der Waals surface area contributed by atoms with Crippen molar-refractivity contribution in [2.45, 2.75) is 29.7 Å². The molecule has 3 unspecified atom stereocenters. The third-order valence-electron chi connectivity index (χ3n) is 7.47. The lowest BCUT2D eigenvalue weighted by atomic mass is 9.82. The van der Waals surface area contributed by atoms with Gasteiger partial charge < -0.3 is 14.4 Å². The summed E-state index contributed by atoms with van der Waals surface area (Å²) in [7, 11) is 1.56. The van der Waals surface area contributed by atoms with Gasteiger partial charge in [0.15, 0.2) is 0 Å². The number of aromatic nitrogens is 1. The molecule has 3 aromatic rings. The molecule has 3 amide bonds. The van der Waals surface area contributed by atoms with Crippen molar-refractivity contribution >= 4 is 46.5 Å². The highest BCUT2D eigenvalue weighted by Gasteiger charge is 2.57. The number of morpholine rings is 1. The van der Waals surface area contributed by atoms with Crippen LogP contribution in [0.2, 0.25) is 0 Å². The Morgan fingerprint density at radius 2 is 1.74 bits per heavy atom. The Bertz CT molecular complexity index is 1510. The number of hydrogen-bond donors (Lipinski definition) is 0. The fourth-order valence-electron chi connectivity index (χ4n) is 5.51. The predicted molar refractivity (Wildman–Crippen MR) is 148 cm³/mol. The minimum Gasteiger partial charge on any atom is -0.496 e. The Morgan fingerprint density at radius 1 is 1.03 bits per heavy atom. The average molecular weight is 566 g/mol. The molecule has 0 aliphatic carbocycles. The highest BCUT2D eigenvalue weighted by molar-refractivity contribution is 8.00. The Morgan fingerprint density at radius 3 is 2.46 bits per heavy atom. The highest BCUT2D eigenvalue weighted by atomic mass is 32.2. The van der Waals surface area contributed by atoms with E-state index in [1.54, 1.807) is 24.1 Å². The topological polar surface area (TPSA) is 98.2 Å². The Balaban J connectivity index is 1.46. The lowest BCUT2D eigenvalue weighted by Gasteiger charge is -2.32. The summed E-state index contributed by atoms with van der Waals surface area (Å²) in [6, 6.07) is 14.7. The zero-order valence-corrected chi connectivity index (χ0v) is 23.1. The molecule has 3 aliphatic rings. The molecule has 0 radical (unpaired) electrons. The maximum Gasteiger partial charge on any atom is 0.308 e. The van der Waals surface area contributed by atoms with E-state index in [2.05, 4.69) is 0 Å². The first-order chi connectivity index (χ1) is 18.9. The highest BCUT2D eigenvalue weighted by Crippen LogP contribution is 2.55. The molecule has 2 fully saturated rings. The molecule has 0 bridgehead atoms. The summed E-state index contributed by atoms with van der Waals surface area (Å²) in [5.41, 5.74) is 2.27. The first-order valence-electron chi connectivity index (χ1n) is 12.7. The molecule has 4 heterocycles. The SMILES string of the molecule is COc1ccccc1C1c2sc(=O)n(CC(=O)N3CCOCC3)c2SC2C(=O)N(c3ccc(C)cc3)C(=O)C21. The van der Waals surface area contributed by atoms with Crippen LogP contribution in [0.3, 0.4) is 0 Å². The summed E-state index contributed by atoms with van der Waals surface area (Å²) in [4.78, 5) is 57.6. The van der Waals surface area contributed by atoms with E-state index in [-0.39, 0.29) is 29.1 Å². The standard InChI is InChI=1S/C28H27N3O6S2/c1-16-7-9-17(10-8-16)31-25(33)22-21(18-5-3-4-6-19(18)36-2)24-27(38-23(22)26(31)34)30(28(35)39-24)15-20(32)29-11-13-37-14-12-29/h3-10,21-23H,11-15H2,1-2H3. The minimum absolute atomic E-state index is 0.127. The lowest BCUT2D eigenvalue weighted by Crippen LogP contribution is -2.43. The number of anilines is 1. The molecule has 39 heavy (non-hydrogen) atoms. The first kappa shape index (κ1) is 25.8. The number of rotatable bonds is 5. The van der Waals surface area contributed by atoms with Crippen LogP contribution in [0.1, 0.15) is 21.9 Å². The van der Waals surface area contributed by atoms with E-state index in [0.29, 0.717) is 47.6 Å². The Kier molecular flexibility index (Phi) is 6.82. The van der Waals surface area contributed by atoms with Gasteiger partial charge in [-0.3, -0.25) is 23.7 Å². The Labute approximate surface area is 233 Å². The molecule has 202 valence electrons. The summed E-state index contributed by atoms with van der Waals surface area (Å²) in [5, 5.41) is -0.185. The van der Waals surface area contributed by atoms with Crippen molar-refractivity contribution in [1.29, 1.82) is 0 Å². The van der Waals surface area contributed by atoms with E-state index in [0.717, 1.165) is 22.5 Å². The number of thiazole rings is 1. The molecule has 6 rings (SSSR count). The molecule has 9 nitrogen and oxygen atoms in total. The quantitative estimate of drug-likeness (QED) is 0.439. The van der Waals surface area contributed by atoms with E-state index >= 15 is 0 Å². The summed E-state index contributed by atoms with van der Waals surface area (Å²) < 4.78 is 12.5. The second-order valence-electron chi connectivity index (χ2n) is 9.75. The second-order valence-corrected chi connectivity index (χ2v) is 11.9. The van der Waals surface area contributed by atoms with Crippen molar-refractivity contribution in [1.82, 2.24) is 9.47 Å². The van der Waals surface area contributed by atoms with Crippen LogP contribution in [-0.4, -0.2) is 65.9 Å². The van der Waals surface area contributed by atoms with Crippen LogP contribution in [0.25, 0.3) is 0 Å². The second kappa shape index (κ2) is 10.3. The smallest absolute Gasteiger partial charge is 0.308 e. The van der Waals surface area contributed by atoms with Crippen LogP contribution >= 0.6 is 23.1 Å². The maximum atomic E-state index is 14.0. The number of para-hydroxylation sites is 1. The van der Waals surface area contributed by atoms with Gasteiger partial charge in [-0.1, -0.05) is 59.0 Å². The first-order valence-corrected chi connectivity index (χ1v) is 14.4. The van der Waals surface area contributed by atoms with Gasteiger partial charge in [0.25, 0.3) is 0 Å². The fraction of sp³-hybridized carbons (Fsp3) is 0.357. The number of aryl methyl sites for hydroxylation is 1. The van der Waals surface area contributed by atoms with Crippen molar-refractivity contribution in [3.8, 4) is 5.75 Å². The summed E-state index contributed by atoms with van der Waals surface area (Å²) in [6.45, 7) is 3.68. The number of nitrogens with zero attached hydrogens (tertiary/aromatic N) is 3. The lowest BCUT2D eigenvalue weighted by molar-refractivity contribution is -0.136. The van der Waals surface area contributed by atoms with Crippen molar-refractivity contribution < 1.29 is 23.9 Å². The van der Waals surface area contributed by atoms with Crippen LogP contribution < -0.4 is 14.5 Å². The van der Waals surface area contributed by atoms with Crippen molar-refractivity contribution in [3.05, 3.63) is 74.2 Å². The number of benzene rings is 2. The molecule has 2 saturated heterocycles. The van der Waals surface area contributed by atoms with Crippen molar-refractivity contribution in [2.24, 2.45) is 5.92 Å². The molecule has 3 atom stereocenters. The van der Waals surface area contributed by atoms with Gasteiger partial charge in [0.05, 0.1) is 37.0 Å². The molecular weight excluding hydrogens is 538 g/mol. The third-order valence-corrected chi connectivity index (χ3v) is 10.1. The third kappa shape index (κ3) is 4.38. The van der Waals surface area contributed by atoms with Gasteiger partial charge in [0.1, 0.15) is 17.5 Å². The molecule has 3 aliphatic heterocycles. The number of imide groups is 1. The number of hydrogen-bond acceptors (Lipinski definition) is 8. The van der Waals surface area contributed by atoms with Crippen LogP contribution in [-0.2, 0) is 25.7 Å². The summed E-state index contributed by atoms with van der Waals surface area (Å²) in [6.07, 6.45) is 0. The van der Waals surface area contributed by atoms with E-state index in [9.17, 15) is 19.2 Å². The number of thioether (sulfide) groups is 1. The number of amides is 3. The van der Waals surface area contributed by atoms with Crippen LogP contribution in [0, 0.1) is 12.8 Å². The van der Waals surface area contributed by atoms with Gasteiger partial charge in [-0.05, 0) is 25.1 Å². The van der Waals surface area contributed by atoms with Gasteiger partial charge in [-0.2, -0.15) is 0 Å². The van der Waals surface area contributed by atoms with Crippen LogP contribution in [0.4, 0.5) is 5.69 Å². The van der Waals surface area contributed by atoms with Crippen LogP contribution in [0.5, 0.6) is 5.75 Å². The zero-order valence-electron chi connectivity index (χ0n) is 21.5. The van der Waals surface area contributed by atoms with Crippen LogP contribution in [0.15, 0.2) is 58.4 Å². The van der Waals surface area contributed by atoms with E-state index in [1.165, 1.54) is 21.2 Å².